The summed E-state index contributed by atoms with van der Waals surface area (Å²) in [5.74, 6) is -0.904. The maximum Gasteiger partial charge on any atom is 0.317 e. The maximum atomic E-state index is 12.2. The normalized spacial score (nSPS) is 20.2. The molecule has 1 heterocycles. The molecule has 6 nitrogen and oxygen atoms in total. The van der Waals surface area contributed by atoms with Crippen LogP contribution in [-0.4, -0.2) is 53.3 Å². The van der Waals surface area contributed by atoms with E-state index in [1.165, 1.54) is 0 Å². The zero-order chi connectivity index (χ0) is 14.5. The van der Waals surface area contributed by atoms with Gasteiger partial charge >= 0.3 is 12.0 Å². The van der Waals surface area contributed by atoms with Crippen LogP contribution in [0.15, 0.2) is 0 Å². The molecule has 0 aliphatic carbocycles. The van der Waals surface area contributed by atoms with Crippen molar-refractivity contribution in [2.24, 2.45) is 0 Å². The molecule has 110 valence electrons. The molecule has 1 unspecified atom stereocenters. The zero-order valence-corrected chi connectivity index (χ0v) is 11.9. The van der Waals surface area contributed by atoms with E-state index in [1.807, 2.05) is 20.8 Å². The van der Waals surface area contributed by atoms with Crippen LogP contribution in [0.2, 0.25) is 0 Å². The first-order valence-corrected chi connectivity index (χ1v) is 6.80. The highest BCUT2D eigenvalue weighted by molar-refractivity contribution is 5.75. The first kappa shape index (κ1) is 15.8. The Balaban J connectivity index is 2.54. The topological polar surface area (TPSA) is 78.9 Å². The summed E-state index contributed by atoms with van der Waals surface area (Å²) in [6.07, 6.45) is 1.24. The molecule has 1 saturated heterocycles. The van der Waals surface area contributed by atoms with E-state index in [2.05, 4.69) is 5.32 Å². The fraction of sp³-hybridized carbons (Fsp3) is 0.846. The van der Waals surface area contributed by atoms with Crippen molar-refractivity contribution in [1.82, 2.24) is 10.2 Å². The molecule has 1 aliphatic heterocycles. The van der Waals surface area contributed by atoms with Crippen molar-refractivity contribution in [1.29, 1.82) is 0 Å². The summed E-state index contributed by atoms with van der Waals surface area (Å²) in [6.45, 7) is 7.32. The number of morpholine rings is 1. The number of carboxylic acids is 1. The molecule has 19 heavy (non-hydrogen) atoms. The summed E-state index contributed by atoms with van der Waals surface area (Å²) in [5, 5.41) is 11.8. The van der Waals surface area contributed by atoms with E-state index in [9.17, 15) is 9.59 Å². The van der Waals surface area contributed by atoms with Gasteiger partial charge in [0.05, 0.1) is 19.1 Å². The number of hydrogen-bond acceptors (Lipinski definition) is 3. The molecule has 1 rings (SSSR count). The van der Waals surface area contributed by atoms with E-state index >= 15 is 0 Å². The molecule has 0 saturated carbocycles. The summed E-state index contributed by atoms with van der Waals surface area (Å²) in [7, 11) is 0. The number of carbonyl (C=O) groups is 2. The molecule has 2 N–H and O–H groups in total. The lowest BCUT2D eigenvalue weighted by Gasteiger charge is -2.36. The number of amides is 2. The van der Waals surface area contributed by atoms with Gasteiger partial charge < -0.3 is 20.1 Å². The molecule has 0 aromatic heterocycles. The van der Waals surface area contributed by atoms with Gasteiger partial charge in [-0.3, -0.25) is 4.79 Å². The number of carboxylic acid groups (broad SMARTS) is 1. The second kappa shape index (κ2) is 6.75. The lowest BCUT2D eigenvalue weighted by Crippen LogP contribution is -2.55. The highest BCUT2D eigenvalue weighted by Crippen LogP contribution is 2.15. The minimum Gasteiger partial charge on any atom is -0.481 e. The first-order valence-electron chi connectivity index (χ1n) is 6.80. The number of aliphatic carboxylic acids is 1. The molecule has 1 atom stereocenters. The van der Waals surface area contributed by atoms with Crippen LogP contribution in [0.3, 0.4) is 0 Å². The summed E-state index contributed by atoms with van der Waals surface area (Å²) >= 11 is 0. The monoisotopic (exact) mass is 272 g/mol. The van der Waals surface area contributed by atoms with Crippen LogP contribution in [0.5, 0.6) is 0 Å². The quantitative estimate of drug-likeness (QED) is 0.794. The minimum atomic E-state index is -0.904. The van der Waals surface area contributed by atoms with Crippen LogP contribution in [-0.2, 0) is 9.53 Å². The molecule has 2 amide bonds. The van der Waals surface area contributed by atoms with Crippen molar-refractivity contribution in [3.8, 4) is 0 Å². The second-order valence-corrected chi connectivity index (χ2v) is 5.23. The minimum absolute atomic E-state index is 0.0669. The third-order valence-corrected chi connectivity index (χ3v) is 3.80. The Labute approximate surface area is 114 Å². The van der Waals surface area contributed by atoms with Gasteiger partial charge in [0.1, 0.15) is 0 Å². The lowest BCUT2D eigenvalue weighted by molar-refractivity contribution is -0.141. The van der Waals surface area contributed by atoms with Crippen molar-refractivity contribution in [3.63, 3.8) is 0 Å². The largest absolute Gasteiger partial charge is 0.481 e. The highest BCUT2D eigenvalue weighted by Gasteiger charge is 2.29. The average molecular weight is 272 g/mol. The predicted molar refractivity (Wildman–Crippen MR) is 71.1 cm³/mol. The smallest absolute Gasteiger partial charge is 0.317 e. The van der Waals surface area contributed by atoms with Gasteiger partial charge in [0, 0.05) is 18.6 Å². The van der Waals surface area contributed by atoms with Crippen molar-refractivity contribution >= 4 is 12.0 Å². The van der Waals surface area contributed by atoms with Crippen LogP contribution >= 0.6 is 0 Å². The molecule has 0 bridgehead atoms. The zero-order valence-electron chi connectivity index (χ0n) is 11.9. The Morgan fingerprint density at radius 1 is 1.42 bits per heavy atom. The Morgan fingerprint density at radius 3 is 2.58 bits per heavy atom. The third kappa shape index (κ3) is 4.70. The fourth-order valence-electron chi connectivity index (χ4n) is 1.99. The van der Waals surface area contributed by atoms with E-state index in [4.69, 9.17) is 9.84 Å². The van der Waals surface area contributed by atoms with E-state index < -0.39 is 12.1 Å². The van der Waals surface area contributed by atoms with E-state index in [0.717, 1.165) is 12.8 Å². The first-order chi connectivity index (χ1) is 8.90. The van der Waals surface area contributed by atoms with Gasteiger partial charge in [-0.1, -0.05) is 13.8 Å². The van der Waals surface area contributed by atoms with Crippen LogP contribution in [0.25, 0.3) is 0 Å². The van der Waals surface area contributed by atoms with Crippen molar-refractivity contribution in [2.45, 2.75) is 51.7 Å². The summed E-state index contributed by atoms with van der Waals surface area (Å²) < 4.78 is 5.35. The Morgan fingerprint density at radius 2 is 2.05 bits per heavy atom. The molecule has 0 spiro atoms. The summed E-state index contributed by atoms with van der Waals surface area (Å²) in [6, 6.07) is -0.134. The number of ether oxygens (including phenoxy) is 1. The van der Waals surface area contributed by atoms with Crippen LogP contribution < -0.4 is 5.32 Å². The molecule has 0 radical (unpaired) electrons. The molecular formula is C13H24N2O4. The number of nitrogens with zero attached hydrogens (tertiary/aromatic N) is 1. The maximum absolute atomic E-state index is 12.2. The summed E-state index contributed by atoms with van der Waals surface area (Å²) in [4.78, 5) is 24.5. The number of carbonyl (C=O) groups excluding carboxylic acids is 1. The average Bonchev–Trinajstić information content (AvgIpc) is 2.38. The number of nitrogens with one attached hydrogen (secondary N) is 1. The summed E-state index contributed by atoms with van der Waals surface area (Å²) in [5.41, 5.74) is -0.211. The SMILES string of the molecule is CCC(C)(CC)NC(=O)N1CCOC(CC(=O)O)C1. The highest BCUT2D eigenvalue weighted by atomic mass is 16.5. The lowest BCUT2D eigenvalue weighted by atomic mass is 9.96. The molecular weight excluding hydrogens is 248 g/mol. The number of rotatable bonds is 5. The van der Waals surface area contributed by atoms with Crippen molar-refractivity contribution < 1.29 is 19.4 Å². The van der Waals surface area contributed by atoms with Gasteiger partial charge in [-0.05, 0) is 19.8 Å². The van der Waals surface area contributed by atoms with Gasteiger partial charge in [-0.2, -0.15) is 0 Å². The molecule has 0 aromatic rings. The standard InChI is InChI=1S/C13H24N2O4/c1-4-13(3,5-2)14-12(18)15-6-7-19-10(9-15)8-11(16)17/h10H,4-9H2,1-3H3,(H,14,18)(H,16,17). The van der Waals surface area contributed by atoms with Gasteiger partial charge in [0.25, 0.3) is 0 Å². The Hall–Kier alpha value is -1.30. The van der Waals surface area contributed by atoms with Crippen LogP contribution in [0.1, 0.15) is 40.0 Å². The predicted octanol–water partition coefficient (Wildman–Crippen LogP) is 1.45. The van der Waals surface area contributed by atoms with Gasteiger partial charge in [0.2, 0.25) is 0 Å². The van der Waals surface area contributed by atoms with Crippen LogP contribution in [0.4, 0.5) is 4.79 Å². The second-order valence-electron chi connectivity index (χ2n) is 5.23. The molecule has 1 fully saturated rings. The van der Waals surface area contributed by atoms with E-state index in [1.54, 1.807) is 4.90 Å². The van der Waals surface area contributed by atoms with Crippen molar-refractivity contribution in [3.05, 3.63) is 0 Å². The van der Waals surface area contributed by atoms with Gasteiger partial charge in [-0.25, -0.2) is 4.79 Å². The Kier molecular flexibility index (Phi) is 5.60. The Bertz CT molecular complexity index is 329. The van der Waals surface area contributed by atoms with Gasteiger partial charge in [0.15, 0.2) is 0 Å². The van der Waals surface area contributed by atoms with Gasteiger partial charge in [-0.15, -0.1) is 0 Å². The molecule has 6 heteroatoms. The molecule has 1 aliphatic rings. The van der Waals surface area contributed by atoms with E-state index in [0.29, 0.717) is 19.7 Å². The fourth-order valence-corrected chi connectivity index (χ4v) is 1.99. The van der Waals surface area contributed by atoms with E-state index in [-0.39, 0.29) is 18.0 Å². The van der Waals surface area contributed by atoms with Crippen molar-refractivity contribution in [2.75, 3.05) is 19.7 Å². The third-order valence-electron chi connectivity index (χ3n) is 3.80. The number of urea groups is 1. The number of hydrogen-bond donors (Lipinski definition) is 2. The molecule has 0 aromatic carbocycles. The van der Waals surface area contributed by atoms with Crippen LogP contribution in [0, 0.1) is 0 Å².